The Morgan fingerprint density at radius 3 is 2.40 bits per heavy atom. The maximum atomic E-state index is 10.4. The molecule has 0 spiro atoms. The summed E-state index contributed by atoms with van der Waals surface area (Å²) in [6, 6.07) is 5.63. The van der Waals surface area contributed by atoms with Crippen molar-refractivity contribution in [1.82, 2.24) is 0 Å². The number of non-ortho nitro benzene ring substituents is 1. The van der Waals surface area contributed by atoms with Crippen LogP contribution in [0.25, 0.3) is 0 Å². The first kappa shape index (κ1) is 11.8. The maximum absolute atomic E-state index is 10.4. The SMILES string of the molecule is CC(O[PH](=O)O)c1ccc([N+](=O)[O-])cc1. The van der Waals surface area contributed by atoms with Crippen LogP contribution in [0.15, 0.2) is 24.3 Å². The molecule has 0 radical (unpaired) electrons. The van der Waals surface area contributed by atoms with Crippen LogP contribution in [0.1, 0.15) is 18.6 Å². The molecule has 0 aromatic heterocycles. The lowest BCUT2D eigenvalue weighted by Gasteiger charge is -2.09. The van der Waals surface area contributed by atoms with Crippen LogP contribution >= 0.6 is 8.25 Å². The van der Waals surface area contributed by atoms with Gasteiger partial charge in [0.05, 0.1) is 11.0 Å². The fourth-order valence-corrected chi connectivity index (χ4v) is 1.52. The average Bonchev–Trinajstić information content (AvgIpc) is 2.17. The predicted molar refractivity (Wildman–Crippen MR) is 53.8 cm³/mol. The lowest BCUT2D eigenvalue weighted by atomic mass is 10.1. The van der Waals surface area contributed by atoms with Crippen LogP contribution < -0.4 is 0 Å². The fraction of sp³-hybridized carbons (Fsp3) is 0.250. The van der Waals surface area contributed by atoms with Crippen molar-refractivity contribution >= 4 is 13.9 Å². The summed E-state index contributed by atoms with van der Waals surface area (Å²) < 4.78 is 15.1. The Hall–Kier alpha value is -1.23. The lowest BCUT2D eigenvalue weighted by Crippen LogP contribution is -1.95. The summed E-state index contributed by atoms with van der Waals surface area (Å²) in [4.78, 5) is 18.4. The number of nitro groups is 1. The molecule has 1 rings (SSSR count). The second-order valence-corrected chi connectivity index (χ2v) is 3.64. The average molecular weight is 231 g/mol. The molecular weight excluding hydrogens is 221 g/mol. The monoisotopic (exact) mass is 231 g/mol. The Kier molecular flexibility index (Phi) is 3.96. The molecule has 0 saturated heterocycles. The second-order valence-electron chi connectivity index (χ2n) is 2.87. The van der Waals surface area contributed by atoms with E-state index in [1.807, 2.05) is 0 Å². The van der Waals surface area contributed by atoms with Crippen LogP contribution in [-0.2, 0) is 9.09 Å². The molecule has 0 aliphatic carbocycles. The first-order valence-corrected chi connectivity index (χ1v) is 5.41. The van der Waals surface area contributed by atoms with Crippen LogP contribution in [0.2, 0.25) is 0 Å². The van der Waals surface area contributed by atoms with Gasteiger partial charge in [-0.25, -0.2) is 0 Å². The Labute approximate surface area is 86.6 Å². The fourth-order valence-electron chi connectivity index (χ4n) is 1.09. The molecule has 0 heterocycles. The highest BCUT2D eigenvalue weighted by molar-refractivity contribution is 7.32. The van der Waals surface area contributed by atoms with Crippen molar-refractivity contribution in [2.75, 3.05) is 0 Å². The van der Waals surface area contributed by atoms with E-state index in [4.69, 9.17) is 4.89 Å². The van der Waals surface area contributed by atoms with Gasteiger partial charge in [-0.3, -0.25) is 14.7 Å². The molecule has 0 bridgehead atoms. The number of rotatable bonds is 4. The van der Waals surface area contributed by atoms with E-state index < -0.39 is 19.3 Å². The van der Waals surface area contributed by atoms with Crippen molar-refractivity contribution in [1.29, 1.82) is 0 Å². The normalized spacial score (nSPS) is 14.5. The number of hydrogen-bond acceptors (Lipinski definition) is 4. The maximum Gasteiger partial charge on any atom is 0.317 e. The highest BCUT2D eigenvalue weighted by atomic mass is 31.1. The summed E-state index contributed by atoms with van der Waals surface area (Å²) in [6.07, 6.45) is -0.554. The zero-order valence-corrected chi connectivity index (χ0v) is 8.91. The van der Waals surface area contributed by atoms with Crippen molar-refractivity contribution in [2.24, 2.45) is 0 Å². The molecule has 15 heavy (non-hydrogen) atoms. The van der Waals surface area contributed by atoms with Crippen molar-refractivity contribution in [2.45, 2.75) is 13.0 Å². The Morgan fingerprint density at radius 2 is 2.00 bits per heavy atom. The summed E-state index contributed by atoms with van der Waals surface area (Å²) in [5.74, 6) is 0. The molecule has 1 aromatic rings. The van der Waals surface area contributed by atoms with Gasteiger partial charge >= 0.3 is 8.25 Å². The molecule has 0 aliphatic heterocycles. The van der Waals surface area contributed by atoms with Gasteiger partial charge in [-0.15, -0.1) is 0 Å². The van der Waals surface area contributed by atoms with Crippen LogP contribution in [0.5, 0.6) is 0 Å². The standard InChI is InChI=1S/C8H10NO5P/c1-6(14-15(12)13)7-2-4-8(5-3-7)9(10)11/h2-6,15H,1H3,(H,12,13). The summed E-state index contributed by atoms with van der Waals surface area (Å²) in [7, 11) is -2.99. The smallest absolute Gasteiger partial charge is 0.317 e. The molecule has 0 amide bonds. The van der Waals surface area contributed by atoms with Gasteiger partial charge in [0.15, 0.2) is 0 Å². The summed E-state index contributed by atoms with van der Waals surface area (Å²) in [5, 5.41) is 10.3. The Bertz CT molecular complexity index is 377. The molecular formula is C8H10NO5P. The zero-order valence-electron chi connectivity index (χ0n) is 7.91. The van der Waals surface area contributed by atoms with Gasteiger partial charge in [0.25, 0.3) is 5.69 Å². The minimum Gasteiger partial charge on any atom is -0.326 e. The number of benzene rings is 1. The summed E-state index contributed by atoms with van der Waals surface area (Å²) >= 11 is 0. The van der Waals surface area contributed by atoms with E-state index in [-0.39, 0.29) is 5.69 Å². The molecule has 0 saturated carbocycles. The minimum atomic E-state index is -2.99. The van der Waals surface area contributed by atoms with Crippen LogP contribution in [-0.4, -0.2) is 9.82 Å². The molecule has 6 nitrogen and oxygen atoms in total. The molecule has 0 aliphatic rings. The summed E-state index contributed by atoms with van der Waals surface area (Å²) in [6.45, 7) is 1.60. The van der Waals surface area contributed by atoms with E-state index in [2.05, 4.69) is 4.52 Å². The second kappa shape index (κ2) is 5.02. The molecule has 1 aromatic carbocycles. The van der Waals surface area contributed by atoms with Crippen LogP contribution in [0, 0.1) is 10.1 Å². The summed E-state index contributed by atoms with van der Waals surface area (Å²) in [5.41, 5.74) is 0.593. The zero-order chi connectivity index (χ0) is 11.4. The third-order valence-corrected chi connectivity index (χ3v) is 2.41. The quantitative estimate of drug-likeness (QED) is 0.486. The van der Waals surface area contributed by atoms with Crippen molar-refractivity contribution in [3.8, 4) is 0 Å². The van der Waals surface area contributed by atoms with Gasteiger partial charge in [-0.1, -0.05) is 0 Å². The molecule has 2 atom stereocenters. The highest BCUT2D eigenvalue weighted by Crippen LogP contribution is 2.28. The van der Waals surface area contributed by atoms with E-state index >= 15 is 0 Å². The van der Waals surface area contributed by atoms with Crippen LogP contribution in [0.3, 0.4) is 0 Å². The molecule has 7 heteroatoms. The van der Waals surface area contributed by atoms with E-state index in [9.17, 15) is 14.7 Å². The van der Waals surface area contributed by atoms with Crippen molar-refractivity contribution in [3.63, 3.8) is 0 Å². The molecule has 82 valence electrons. The van der Waals surface area contributed by atoms with Gasteiger partial charge in [0.2, 0.25) is 0 Å². The van der Waals surface area contributed by atoms with Crippen molar-refractivity contribution in [3.05, 3.63) is 39.9 Å². The van der Waals surface area contributed by atoms with Crippen molar-refractivity contribution < 1.29 is 18.9 Å². The Morgan fingerprint density at radius 1 is 1.47 bits per heavy atom. The van der Waals surface area contributed by atoms with Gasteiger partial charge in [0, 0.05) is 12.1 Å². The Balaban J connectivity index is 2.79. The van der Waals surface area contributed by atoms with Gasteiger partial charge < -0.3 is 9.42 Å². The molecule has 2 unspecified atom stereocenters. The van der Waals surface area contributed by atoms with Gasteiger partial charge in [0.1, 0.15) is 0 Å². The third kappa shape index (κ3) is 3.43. The number of nitro benzene ring substituents is 1. The van der Waals surface area contributed by atoms with E-state index in [1.54, 1.807) is 6.92 Å². The molecule has 1 N–H and O–H groups in total. The lowest BCUT2D eigenvalue weighted by molar-refractivity contribution is -0.384. The first-order chi connectivity index (χ1) is 7.00. The predicted octanol–water partition coefficient (Wildman–Crippen LogP) is 2.05. The third-order valence-electron chi connectivity index (χ3n) is 1.85. The number of nitrogens with zero attached hydrogens (tertiary/aromatic N) is 1. The van der Waals surface area contributed by atoms with E-state index in [0.717, 1.165) is 0 Å². The highest BCUT2D eigenvalue weighted by Gasteiger charge is 2.10. The van der Waals surface area contributed by atoms with Gasteiger partial charge in [-0.2, -0.15) is 0 Å². The minimum absolute atomic E-state index is 0.0254. The van der Waals surface area contributed by atoms with E-state index in [0.29, 0.717) is 5.56 Å². The van der Waals surface area contributed by atoms with Gasteiger partial charge in [-0.05, 0) is 24.6 Å². The molecule has 0 fully saturated rings. The number of hydrogen-bond donors (Lipinski definition) is 1. The first-order valence-electron chi connectivity index (χ1n) is 4.14. The topological polar surface area (TPSA) is 89.7 Å². The van der Waals surface area contributed by atoms with E-state index in [1.165, 1.54) is 24.3 Å². The van der Waals surface area contributed by atoms with Crippen LogP contribution in [0.4, 0.5) is 5.69 Å². The largest absolute Gasteiger partial charge is 0.326 e.